The standard InChI is InChI=1S/C23H18/c1-17-15-16-19-11-5-6-13-21(19)23(17)22-14-8-7-12-20(22)18-9-3-2-4-10-18/h2-16H,1H3. The van der Waals surface area contributed by atoms with Crippen LogP contribution in [0.5, 0.6) is 0 Å². The highest BCUT2D eigenvalue weighted by Crippen LogP contribution is 2.38. The van der Waals surface area contributed by atoms with Gasteiger partial charge in [-0.3, -0.25) is 0 Å². The molecule has 4 aromatic carbocycles. The van der Waals surface area contributed by atoms with E-state index in [0.29, 0.717) is 0 Å². The number of aryl methyl sites for hydroxylation is 1. The minimum absolute atomic E-state index is 1.26. The third-order valence-corrected chi connectivity index (χ3v) is 4.42. The van der Waals surface area contributed by atoms with Crippen molar-refractivity contribution >= 4 is 10.8 Å². The summed E-state index contributed by atoms with van der Waals surface area (Å²) >= 11 is 0. The van der Waals surface area contributed by atoms with E-state index in [0.717, 1.165) is 0 Å². The van der Waals surface area contributed by atoms with E-state index in [1.165, 1.54) is 38.6 Å². The van der Waals surface area contributed by atoms with Gasteiger partial charge in [0, 0.05) is 0 Å². The first-order valence-corrected chi connectivity index (χ1v) is 7.98. The van der Waals surface area contributed by atoms with Gasteiger partial charge in [-0.1, -0.05) is 91.0 Å². The summed E-state index contributed by atoms with van der Waals surface area (Å²) < 4.78 is 0. The predicted octanol–water partition coefficient (Wildman–Crippen LogP) is 6.48. The molecular formula is C23H18. The van der Waals surface area contributed by atoms with Crippen LogP contribution in [0.4, 0.5) is 0 Å². The highest BCUT2D eigenvalue weighted by molar-refractivity contribution is 6.01. The van der Waals surface area contributed by atoms with E-state index in [2.05, 4.69) is 97.9 Å². The number of fused-ring (bicyclic) bond motifs is 1. The quantitative estimate of drug-likeness (QED) is 0.397. The van der Waals surface area contributed by atoms with Crippen LogP contribution in [-0.4, -0.2) is 0 Å². The smallest absolute Gasteiger partial charge is 0.00699 e. The first kappa shape index (κ1) is 13.8. The fraction of sp³-hybridized carbons (Fsp3) is 0.0435. The monoisotopic (exact) mass is 294 g/mol. The highest BCUT2D eigenvalue weighted by atomic mass is 14.2. The van der Waals surface area contributed by atoms with E-state index in [1.54, 1.807) is 0 Å². The zero-order valence-corrected chi connectivity index (χ0v) is 13.2. The van der Waals surface area contributed by atoms with Gasteiger partial charge >= 0.3 is 0 Å². The minimum Gasteiger partial charge on any atom is -0.0622 e. The molecule has 0 aliphatic rings. The van der Waals surface area contributed by atoms with Gasteiger partial charge in [0.1, 0.15) is 0 Å². The Kier molecular flexibility index (Phi) is 3.44. The van der Waals surface area contributed by atoms with Crippen LogP contribution in [0.25, 0.3) is 33.0 Å². The lowest BCUT2D eigenvalue weighted by Gasteiger charge is -2.15. The molecule has 0 fully saturated rings. The van der Waals surface area contributed by atoms with Crippen molar-refractivity contribution in [3.05, 3.63) is 96.6 Å². The van der Waals surface area contributed by atoms with E-state index in [9.17, 15) is 0 Å². The molecule has 0 N–H and O–H groups in total. The largest absolute Gasteiger partial charge is 0.0622 e. The van der Waals surface area contributed by atoms with Crippen LogP contribution in [0, 0.1) is 6.92 Å². The third kappa shape index (κ3) is 2.43. The molecule has 0 heteroatoms. The maximum absolute atomic E-state index is 2.23. The topological polar surface area (TPSA) is 0 Å². The van der Waals surface area contributed by atoms with Gasteiger partial charge in [-0.15, -0.1) is 0 Å². The van der Waals surface area contributed by atoms with Crippen LogP contribution in [-0.2, 0) is 0 Å². The van der Waals surface area contributed by atoms with Crippen LogP contribution in [0.2, 0.25) is 0 Å². The fourth-order valence-corrected chi connectivity index (χ4v) is 3.31. The molecule has 0 amide bonds. The van der Waals surface area contributed by atoms with E-state index in [-0.39, 0.29) is 0 Å². The lowest BCUT2D eigenvalue weighted by atomic mass is 9.89. The summed E-state index contributed by atoms with van der Waals surface area (Å²) in [6, 6.07) is 32.4. The Morgan fingerprint density at radius 1 is 0.522 bits per heavy atom. The van der Waals surface area contributed by atoms with Crippen LogP contribution in [0.1, 0.15) is 5.56 Å². The second kappa shape index (κ2) is 5.73. The molecule has 0 aromatic heterocycles. The van der Waals surface area contributed by atoms with Crippen molar-refractivity contribution in [3.63, 3.8) is 0 Å². The Bertz CT molecular complexity index is 965. The first-order chi connectivity index (χ1) is 11.3. The van der Waals surface area contributed by atoms with Crippen molar-refractivity contribution in [2.45, 2.75) is 6.92 Å². The van der Waals surface area contributed by atoms with E-state index in [4.69, 9.17) is 0 Å². The summed E-state index contributed by atoms with van der Waals surface area (Å²) in [4.78, 5) is 0. The minimum atomic E-state index is 1.26. The molecule has 23 heavy (non-hydrogen) atoms. The molecule has 4 rings (SSSR count). The molecule has 0 nitrogen and oxygen atoms in total. The average Bonchev–Trinajstić information content (AvgIpc) is 2.62. The summed E-state index contributed by atoms with van der Waals surface area (Å²) in [6.07, 6.45) is 0. The van der Waals surface area contributed by atoms with Crippen LogP contribution < -0.4 is 0 Å². The van der Waals surface area contributed by atoms with Crippen molar-refractivity contribution in [3.8, 4) is 22.3 Å². The molecule has 0 radical (unpaired) electrons. The summed E-state index contributed by atoms with van der Waals surface area (Å²) in [5.74, 6) is 0. The number of rotatable bonds is 2. The molecule has 110 valence electrons. The highest BCUT2D eigenvalue weighted by Gasteiger charge is 2.12. The van der Waals surface area contributed by atoms with Gasteiger partial charge in [0.25, 0.3) is 0 Å². The molecule has 0 heterocycles. The van der Waals surface area contributed by atoms with Gasteiger partial charge in [0.2, 0.25) is 0 Å². The second-order valence-electron chi connectivity index (χ2n) is 5.89. The van der Waals surface area contributed by atoms with E-state index < -0.39 is 0 Å². The Labute approximate surface area is 137 Å². The first-order valence-electron chi connectivity index (χ1n) is 7.98. The van der Waals surface area contributed by atoms with Crippen LogP contribution >= 0.6 is 0 Å². The lowest BCUT2D eigenvalue weighted by molar-refractivity contribution is 1.48. The van der Waals surface area contributed by atoms with E-state index in [1.807, 2.05) is 0 Å². The summed E-state index contributed by atoms with van der Waals surface area (Å²) in [5, 5.41) is 2.60. The van der Waals surface area contributed by atoms with Crippen molar-refractivity contribution < 1.29 is 0 Å². The van der Waals surface area contributed by atoms with Crippen LogP contribution in [0.3, 0.4) is 0 Å². The fourth-order valence-electron chi connectivity index (χ4n) is 3.31. The van der Waals surface area contributed by atoms with Gasteiger partial charge in [0.15, 0.2) is 0 Å². The molecule has 0 unspecified atom stereocenters. The zero-order valence-electron chi connectivity index (χ0n) is 13.2. The molecular weight excluding hydrogens is 276 g/mol. The lowest BCUT2D eigenvalue weighted by Crippen LogP contribution is -1.90. The molecule has 0 bridgehead atoms. The predicted molar refractivity (Wildman–Crippen MR) is 99.6 cm³/mol. The van der Waals surface area contributed by atoms with Gasteiger partial charge in [-0.05, 0) is 45.5 Å². The SMILES string of the molecule is Cc1ccc2ccccc2c1-c1ccccc1-c1ccccc1. The molecule has 4 aromatic rings. The average molecular weight is 294 g/mol. The normalized spacial score (nSPS) is 10.8. The van der Waals surface area contributed by atoms with Gasteiger partial charge < -0.3 is 0 Å². The van der Waals surface area contributed by atoms with Crippen molar-refractivity contribution in [1.29, 1.82) is 0 Å². The maximum atomic E-state index is 2.23. The summed E-state index contributed by atoms with van der Waals surface area (Å²) in [7, 11) is 0. The maximum Gasteiger partial charge on any atom is -0.00699 e. The molecule has 0 aliphatic carbocycles. The van der Waals surface area contributed by atoms with Gasteiger partial charge in [0.05, 0.1) is 0 Å². The Balaban J connectivity index is 2.05. The zero-order chi connectivity index (χ0) is 15.6. The van der Waals surface area contributed by atoms with Crippen molar-refractivity contribution in [2.75, 3.05) is 0 Å². The van der Waals surface area contributed by atoms with Crippen molar-refractivity contribution in [2.24, 2.45) is 0 Å². The van der Waals surface area contributed by atoms with Crippen LogP contribution in [0.15, 0.2) is 91.0 Å². The second-order valence-corrected chi connectivity index (χ2v) is 5.89. The number of benzene rings is 4. The van der Waals surface area contributed by atoms with Gasteiger partial charge in [-0.2, -0.15) is 0 Å². The number of hydrogen-bond donors (Lipinski definition) is 0. The Hall–Kier alpha value is -2.86. The molecule has 0 aliphatic heterocycles. The van der Waals surface area contributed by atoms with E-state index >= 15 is 0 Å². The molecule has 0 saturated carbocycles. The summed E-state index contributed by atoms with van der Waals surface area (Å²) in [5.41, 5.74) is 6.49. The number of hydrogen-bond acceptors (Lipinski definition) is 0. The molecule has 0 atom stereocenters. The Morgan fingerprint density at radius 3 is 2.00 bits per heavy atom. The molecule has 0 saturated heterocycles. The van der Waals surface area contributed by atoms with Crippen molar-refractivity contribution in [1.82, 2.24) is 0 Å². The third-order valence-electron chi connectivity index (χ3n) is 4.42. The summed E-state index contributed by atoms with van der Waals surface area (Å²) in [6.45, 7) is 2.20. The Morgan fingerprint density at radius 2 is 1.17 bits per heavy atom. The van der Waals surface area contributed by atoms with Gasteiger partial charge in [-0.25, -0.2) is 0 Å². The molecule has 0 spiro atoms.